The minimum Gasteiger partial charge on any atom is -0.443 e. The Hall–Kier alpha value is -3.07. The monoisotopic (exact) mass is 521 g/mol. The molecule has 2 aromatic rings. The Labute approximate surface area is 201 Å². The van der Waals surface area contributed by atoms with E-state index >= 15 is 0 Å². The van der Waals surface area contributed by atoms with E-state index in [0.29, 0.717) is 23.3 Å². The number of fused-ring (bicyclic) bond motifs is 1. The van der Waals surface area contributed by atoms with Gasteiger partial charge in [0, 0.05) is 10.9 Å². The number of rotatable bonds is 6. The number of ether oxygens (including phenoxy) is 2. The molecule has 0 atom stereocenters. The normalized spacial score (nSPS) is 14.3. The average Bonchev–Trinajstić information content (AvgIpc) is 3.46. The quantitative estimate of drug-likeness (QED) is 0.561. The highest BCUT2D eigenvalue weighted by molar-refractivity contribution is 7.18. The van der Waals surface area contributed by atoms with E-state index in [-0.39, 0.29) is 22.8 Å². The maximum absolute atomic E-state index is 13.2. The van der Waals surface area contributed by atoms with Crippen molar-refractivity contribution < 1.29 is 32.2 Å². The van der Waals surface area contributed by atoms with E-state index in [1.807, 2.05) is 0 Å². The van der Waals surface area contributed by atoms with Crippen LogP contribution in [0.15, 0.2) is 9.59 Å². The van der Waals surface area contributed by atoms with Gasteiger partial charge in [0.15, 0.2) is 0 Å². The van der Waals surface area contributed by atoms with Gasteiger partial charge in [-0.25, -0.2) is 24.8 Å². The highest BCUT2D eigenvalue weighted by atomic mass is 32.1. The summed E-state index contributed by atoms with van der Waals surface area (Å²) in [6, 6.07) is -1.34. The average molecular weight is 522 g/mol. The van der Waals surface area contributed by atoms with Crippen molar-refractivity contribution in [1.82, 2.24) is 19.6 Å². The third-order valence-electron chi connectivity index (χ3n) is 5.03. The van der Waals surface area contributed by atoms with Crippen LogP contribution < -0.4 is 22.4 Å². The summed E-state index contributed by atoms with van der Waals surface area (Å²) >= 11 is 0.935. The lowest BCUT2D eigenvalue weighted by atomic mass is 10.2. The Kier molecular flexibility index (Phi) is 7.22. The Morgan fingerprint density at radius 3 is 2.37 bits per heavy atom. The predicted octanol–water partition coefficient (Wildman–Crippen LogP) is 2.72. The summed E-state index contributed by atoms with van der Waals surface area (Å²) in [6.07, 6.45) is -4.61. The summed E-state index contributed by atoms with van der Waals surface area (Å²) in [5.41, 5.74) is 5.88. The first-order valence-corrected chi connectivity index (χ1v) is 11.5. The fourth-order valence-corrected chi connectivity index (χ4v) is 4.70. The molecule has 0 aromatic carbocycles. The molecule has 0 aliphatic heterocycles. The van der Waals surface area contributed by atoms with Crippen molar-refractivity contribution >= 4 is 33.7 Å². The molecule has 2 aromatic heterocycles. The van der Waals surface area contributed by atoms with Crippen LogP contribution in [-0.2, 0) is 22.6 Å². The minimum absolute atomic E-state index is 0.136. The van der Waals surface area contributed by atoms with Crippen molar-refractivity contribution in [2.45, 2.75) is 71.6 Å². The molecule has 11 nitrogen and oxygen atoms in total. The van der Waals surface area contributed by atoms with E-state index in [1.54, 1.807) is 27.7 Å². The smallest absolute Gasteiger partial charge is 0.443 e. The second kappa shape index (κ2) is 9.53. The first-order chi connectivity index (χ1) is 16.1. The van der Waals surface area contributed by atoms with Crippen molar-refractivity contribution in [3.8, 4) is 0 Å². The van der Waals surface area contributed by atoms with E-state index in [2.05, 4.69) is 10.2 Å². The molecule has 0 saturated heterocycles. The number of hydrazine groups is 1. The molecule has 1 aliphatic rings. The number of hydrogen-bond donors (Lipinski definition) is 2. The fourth-order valence-electron chi connectivity index (χ4n) is 3.39. The van der Waals surface area contributed by atoms with Crippen LogP contribution in [0, 0.1) is 6.92 Å². The number of amides is 3. The molecular formula is C20H26F3N5O6S. The summed E-state index contributed by atoms with van der Waals surface area (Å²) < 4.78 is 48.5. The van der Waals surface area contributed by atoms with Gasteiger partial charge in [0.2, 0.25) is 0 Å². The lowest BCUT2D eigenvalue weighted by molar-refractivity contribution is -0.325. The molecule has 1 aliphatic carbocycles. The molecule has 3 N–H and O–H groups in total. The number of nitrogens with two attached hydrogens (primary N) is 1. The number of urea groups is 1. The van der Waals surface area contributed by atoms with Crippen LogP contribution in [0.4, 0.5) is 22.8 Å². The number of aryl methyl sites for hydroxylation is 1. The van der Waals surface area contributed by atoms with Crippen LogP contribution >= 0.6 is 11.3 Å². The Balaban J connectivity index is 2.02. The summed E-state index contributed by atoms with van der Waals surface area (Å²) in [5, 5.41) is 0.922. The van der Waals surface area contributed by atoms with Gasteiger partial charge in [-0.2, -0.15) is 0 Å². The zero-order chi connectivity index (χ0) is 26.3. The van der Waals surface area contributed by atoms with Crippen LogP contribution in [0.5, 0.6) is 0 Å². The maximum Gasteiger partial charge on any atom is 0.522 e. The number of halogens is 3. The Morgan fingerprint density at radius 2 is 1.86 bits per heavy atom. The highest BCUT2D eigenvalue weighted by Gasteiger charge is 2.32. The molecule has 2 heterocycles. The fraction of sp³-hybridized carbons (Fsp3) is 0.600. The number of hydrogen-bond acceptors (Lipinski definition) is 7. The van der Waals surface area contributed by atoms with Gasteiger partial charge < -0.3 is 10.5 Å². The number of carbonyl (C=O) groups is 2. The Bertz CT molecular complexity index is 1260. The number of thiophene rings is 1. The topological polar surface area (TPSA) is 138 Å². The first kappa shape index (κ1) is 26.5. The zero-order valence-electron chi connectivity index (χ0n) is 19.5. The summed E-state index contributed by atoms with van der Waals surface area (Å²) in [7, 11) is 0. The number of nitrogens with zero attached hydrogens (tertiary/aromatic N) is 3. The molecular weight excluding hydrogens is 495 g/mol. The molecule has 15 heteroatoms. The maximum atomic E-state index is 13.2. The van der Waals surface area contributed by atoms with Crippen molar-refractivity contribution in [2.24, 2.45) is 5.73 Å². The van der Waals surface area contributed by atoms with Gasteiger partial charge in [0.25, 0.3) is 5.56 Å². The lowest BCUT2D eigenvalue weighted by Crippen LogP contribution is -2.49. The molecule has 35 heavy (non-hydrogen) atoms. The van der Waals surface area contributed by atoms with Gasteiger partial charge in [-0.3, -0.25) is 18.7 Å². The number of alkyl halides is 3. The van der Waals surface area contributed by atoms with Crippen LogP contribution in [0.1, 0.15) is 50.1 Å². The van der Waals surface area contributed by atoms with E-state index in [1.165, 1.54) is 0 Å². The van der Waals surface area contributed by atoms with Gasteiger partial charge in [-0.1, -0.05) is 0 Å². The molecule has 1 fully saturated rings. The molecule has 3 amide bonds. The second-order valence-electron chi connectivity index (χ2n) is 9.00. The minimum atomic E-state index is -4.88. The van der Waals surface area contributed by atoms with Gasteiger partial charge in [0.1, 0.15) is 10.4 Å². The highest BCUT2D eigenvalue weighted by Crippen LogP contribution is 2.34. The van der Waals surface area contributed by atoms with Gasteiger partial charge >= 0.3 is 24.2 Å². The zero-order valence-corrected chi connectivity index (χ0v) is 20.3. The van der Waals surface area contributed by atoms with Gasteiger partial charge in [-0.15, -0.1) is 24.5 Å². The largest absolute Gasteiger partial charge is 0.522 e. The third-order valence-corrected chi connectivity index (χ3v) is 6.33. The SMILES string of the molecule is Cc1c(CN(NC(=O)OC(C)(C)C)C(N)=O)sc2c1c(=O)n(C1CC1)c(=O)n2CCOC(F)(F)F. The molecule has 0 bridgehead atoms. The van der Waals surface area contributed by atoms with Crippen molar-refractivity contribution in [3.63, 3.8) is 0 Å². The molecule has 1 saturated carbocycles. The molecule has 0 spiro atoms. The summed E-state index contributed by atoms with van der Waals surface area (Å²) in [5.74, 6) is 0. The number of nitrogens with one attached hydrogen (secondary N) is 1. The van der Waals surface area contributed by atoms with Crippen LogP contribution in [0.3, 0.4) is 0 Å². The molecule has 0 radical (unpaired) electrons. The van der Waals surface area contributed by atoms with Gasteiger partial charge in [-0.05, 0) is 46.1 Å². The number of carbonyl (C=O) groups excluding carboxylic acids is 2. The van der Waals surface area contributed by atoms with Crippen LogP contribution in [0.2, 0.25) is 0 Å². The lowest BCUT2D eigenvalue weighted by Gasteiger charge is -2.24. The first-order valence-electron chi connectivity index (χ1n) is 10.6. The third kappa shape index (κ3) is 6.33. The number of aromatic nitrogens is 2. The summed E-state index contributed by atoms with van der Waals surface area (Å²) in [4.78, 5) is 50.8. The van der Waals surface area contributed by atoms with Crippen molar-refractivity contribution in [3.05, 3.63) is 31.3 Å². The molecule has 3 rings (SSSR count). The second-order valence-corrected chi connectivity index (χ2v) is 10.1. The van der Waals surface area contributed by atoms with E-state index < -0.39 is 48.5 Å². The van der Waals surface area contributed by atoms with E-state index in [0.717, 1.165) is 25.5 Å². The number of primary amides is 1. The van der Waals surface area contributed by atoms with Crippen molar-refractivity contribution in [2.75, 3.05) is 6.61 Å². The van der Waals surface area contributed by atoms with Crippen LogP contribution in [-0.4, -0.2) is 44.8 Å². The molecule has 0 unspecified atom stereocenters. The Morgan fingerprint density at radius 1 is 1.23 bits per heavy atom. The predicted molar refractivity (Wildman–Crippen MR) is 120 cm³/mol. The van der Waals surface area contributed by atoms with Crippen molar-refractivity contribution in [1.29, 1.82) is 0 Å². The summed E-state index contributed by atoms with van der Waals surface area (Å²) in [6.45, 7) is 4.92. The van der Waals surface area contributed by atoms with E-state index in [9.17, 15) is 32.3 Å². The standard InChI is InChI=1S/C20H26F3N5O6S/c1-10-12(9-27(16(24)30)25-17(31)34-19(2,3)4)35-15-13(10)14(29)28(11-5-6-11)18(32)26(15)7-8-33-20(21,22)23/h11H,5-9H2,1-4H3,(H2,24,30)(H,25,31). The van der Waals surface area contributed by atoms with Crippen LogP contribution in [0.25, 0.3) is 10.2 Å². The van der Waals surface area contributed by atoms with E-state index in [4.69, 9.17) is 10.5 Å². The van der Waals surface area contributed by atoms with Gasteiger partial charge in [0.05, 0.1) is 25.1 Å². The molecule has 194 valence electrons.